The van der Waals surface area contributed by atoms with E-state index in [0.717, 1.165) is 0 Å². The van der Waals surface area contributed by atoms with Gasteiger partial charge in [0.05, 0.1) is 30.0 Å². The molecule has 0 fully saturated rings. The second-order valence-corrected chi connectivity index (χ2v) is 4.94. The predicted molar refractivity (Wildman–Crippen MR) is 84.0 cm³/mol. The number of para-hydroxylation sites is 1. The number of carbonyl (C=O) groups excluding carboxylic acids is 1. The highest BCUT2D eigenvalue weighted by Gasteiger charge is 2.15. The van der Waals surface area contributed by atoms with E-state index in [1.165, 1.54) is 20.3 Å². The normalized spacial score (nSPS) is 10.1. The first kappa shape index (κ1) is 15.5. The van der Waals surface area contributed by atoms with E-state index >= 15 is 0 Å². The van der Waals surface area contributed by atoms with Crippen molar-refractivity contribution in [2.24, 2.45) is 0 Å². The molecule has 0 atom stereocenters. The minimum Gasteiger partial charge on any atom is -0.493 e. The zero-order chi connectivity index (χ0) is 15.4. The minimum absolute atomic E-state index is 0.293. The fourth-order valence-electron chi connectivity index (χ4n) is 1.81. The van der Waals surface area contributed by atoms with E-state index in [1.54, 1.807) is 30.3 Å². The maximum absolute atomic E-state index is 12.3. The standard InChI is InChI=1S/C15H13Cl2NO3/c1-20-13-8-9(7-11(17)14(13)21-2)15(19)18-12-6-4-3-5-10(12)16/h3-8H,1-2H3,(H,18,19). The van der Waals surface area contributed by atoms with Crippen LogP contribution in [0, 0.1) is 0 Å². The molecule has 0 heterocycles. The molecule has 4 nitrogen and oxygen atoms in total. The van der Waals surface area contributed by atoms with Gasteiger partial charge in [-0.15, -0.1) is 0 Å². The van der Waals surface area contributed by atoms with Gasteiger partial charge in [-0.2, -0.15) is 0 Å². The molecule has 1 amide bonds. The van der Waals surface area contributed by atoms with Gasteiger partial charge in [0.1, 0.15) is 0 Å². The Morgan fingerprint density at radius 1 is 1.05 bits per heavy atom. The van der Waals surface area contributed by atoms with E-state index in [2.05, 4.69) is 5.32 Å². The molecule has 2 rings (SSSR count). The van der Waals surface area contributed by atoms with Crippen molar-refractivity contribution in [3.05, 3.63) is 52.0 Å². The second-order valence-electron chi connectivity index (χ2n) is 4.13. The van der Waals surface area contributed by atoms with Crippen molar-refractivity contribution in [2.45, 2.75) is 0 Å². The van der Waals surface area contributed by atoms with Crippen LogP contribution in [0.4, 0.5) is 5.69 Å². The zero-order valence-electron chi connectivity index (χ0n) is 11.4. The molecule has 2 aromatic rings. The summed E-state index contributed by atoms with van der Waals surface area (Å²) in [7, 11) is 2.96. The second kappa shape index (κ2) is 6.70. The maximum Gasteiger partial charge on any atom is 0.255 e. The van der Waals surface area contributed by atoms with Crippen molar-refractivity contribution in [3.63, 3.8) is 0 Å². The number of benzene rings is 2. The lowest BCUT2D eigenvalue weighted by Crippen LogP contribution is -2.12. The summed E-state index contributed by atoms with van der Waals surface area (Å²) in [6, 6.07) is 10.0. The molecule has 0 spiro atoms. The van der Waals surface area contributed by atoms with Crippen LogP contribution in [0.1, 0.15) is 10.4 Å². The van der Waals surface area contributed by atoms with Gasteiger partial charge in [-0.3, -0.25) is 4.79 Å². The molecule has 0 aliphatic carbocycles. The Morgan fingerprint density at radius 3 is 2.38 bits per heavy atom. The third-order valence-electron chi connectivity index (χ3n) is 2.82. The van der Waals surface area contributed by atoms with Crippen LogP contribution in [0.2, 0.25) is 10.0 Å². The summed E-state index contributed by atoms with van der Waals surface area (Å²) >= 11 is 12.1. The average Bonchev–Trinajstić information content (AvgIpc) is 2.48. The van der Waals surface area contributed by atoms with Crippen LogP contribution in [0.5, 0.6) is 11.5 Å². The number of anilines is 1. The Balaban J connectivity index is 2.32. The Bertz CT molecular complexity index is 674. The molecule has 0 unspecified atom stereocenters. The van der Waals surface area contributed by atoms with Crippen LogP contribution in [-0.4, -0.2) is 20.1 Å². The van der Waals surface area contributed by atoms with Crippen molar-refractivity contribution in [1.82, 2.24) is 0 Å². The van der Waals surface area contributed by atoms with E-state index in [9.17, 15) is 4.79 Å². The van der Waals surface area contributed by atoms with Crippen LogP contribution in [0.15, 0.2) is 36.4 Å². The smallest absolute Gasteiger partial charge is 0.255 e. The molecule has 2 aromatic carbocycles. The topological polar surface area (TPSA) is 47.6 Å². The van der Waals surface area contributed by atoms with Crippen molar-refractivity contribution in [3.8, 4) is 11.5 Å². The monoisotopic (exact) mass is 325 g/mol. The molecule has 0 saturated carbocycles. The first-order valence-electron chi connectivity index (χ1n) is 6.04. The third kappa shape index (κ3) is 3.40. The fourth-order valence-corrected chi connectivity index (χ4v) is 2.28. The fraction of sp³-hybridized carbons (Fsp3) is 0.133. The Morgan fingerprint density at radius 2 is 1.76 bits per heavy atom. The van der Waals surface area contributed by atoms with Gasteiger partial charge in [0.25, 0.3) is 5.91 Å². The Labute approximate surface area is 132 Å². The van der Waals surface area contributed by atoms with Crippen molar-refractivity contribution in [1.29, 1.82) is 0 Å². The largest absolute Gasteiger partial charge is 0.493 e. The van der Waals surface area contributed by atoms with Gasteiger partial charge in [-0.25, -0.2) is 0 Å². The van der Waals surface area contributed by atoms with E-state index in [1.807, 2.05) is 0 Å². The third-order valence-corrected chi connectivity index (χ3v) is 3.43. The summed E-state index contributed by atoms with van der Waals surface area (Å²) < 4.78 is 10.3. The Kier molecular flexibility index (Phi) is 4.94. The zero-order valence-corrected chi connectivity index (χ0v) is 13.0. The van der Waals surface area contributed by atoms with E-state index < -0.39 is 0 Å². The number of halogens is 2. The van der Waals surface area contributed by atoms with Gasteiger partial charge in [-0.05, 0) is 24.3 Å². The summed E-state index contributed by atoms with van der Waals surface area (Å²) in [5.41, 5.74) is 0.868. The quantitative estimate of drug-likeness (QED) is 0.913. The van der Waals surface area contributed by atoms with Crippen molar-refractivity contribution in [2.75, 3.05) is 19.5 Å². The number of amides is 1. The van der Waals surface area contributed by atoms with Gasteiger partial charge >= 0.3 is 0 Å². The van der Waals surface area contributed by atoms with E-state index in [4.69, 9.17) is 32.7 Å². The highest BCUT2D eigenvalue weighted by atomic mass is 35.5. The highest BCUT2D eigenvalue weighted by Crippen LogP contribution is 2.36. The van der Waals surface area contributed by atoms with Crippen LogP contribution >= 0.6 is 23.2 Å². The highest BCUT2D eigenvalue weighted by molar-refractivity contribution is 6.34. The predicted octanol–water partition coefficient (Wildman–Crippen LogP) is 4.26. The van der Waals surface area contributed by atoms with E-state index in [-0.39, 0.29) is 5.91 Å². The molecule has 1 N–H and O–H groups in total. The Hall–Kier alpha value is -1.91. The summed E-state index contributed by atoms with van der Waals surface area (Å²) in [5, 5.41) is 3.47. The number of nitrogens with one attached hydrogen (secondary N) is 1. The maximum atomic E-state index is 12.3. The number of hydrogen-bond acceptors (Lipinski definition) is 3. The molecule has 0 aliphatic rings. The average molecular weight is 326 g/mol. The SMILES string of the molecule is COc1cc(C(=O)Nc2ccccc2Cl)cc(Cl)c1OC. The molecule has 0 aromatic heterocycles. The van der Waals surface area contributed by atoms with Gasteiger partial charge in [0, 0.05) is 5.56 Å². The summed E-state index contributed by atoms with van der Waals surface area (Å²) in [5.74, 6) is 0.425. The minimum atomic E-state index is -0.342. The van der Waals surface area contributed by atoms with Crippen LogP contribution in [0.25, 0.3) is 0 Å². The number of carbonyl (C=O) groups is 1. The first-order valence-corrected chi connectivity index (χ1v) is 6.79. The number of methoxy groups -OCH3 is 2. The molecular weight excluding hydrogens is 313 g/mol. The lowest BCUT2D eigenvalue weighted by molar-refractivity contribution is 0.102. The summed E-state index contributed by atoms with van der Waals surface area (Å²) in [6.45, 7) is 0. The van der Waals surface area contributed by atoms with Crippen molar-refractivity contribution >= 4 is 34.8 Å². The van der Waals surface area contributed by atoms with Crippen LogP contribution in [0.3, 0.4) is 0 Å². The van der Waals surface area contributed by atoms with E-state index in [0.29, 0.717) is 32.8 Å². The molecule has 0 bridgehead atoms. The number of ether oxygens (including phenoxy) is 2. The lowest BCUT2D eigenvalue weighted by atomic mass is 10.1. The molecule has 110 valence electrons. The van der Waals surface area contributed by atoms with Crippen molar-refractivity contribution < 1.29 is 14.3 Å². The molecule has 0 aliphatic heterocycles. The number of rotatable bonds is 4. The van der Waals surface area contributed by atoms with Crippen LogP contribution < -0.4 is 14.8 Å². The first-order chi connectivity index (χ1) is 10.1. The molecule has 6 heteroatoms. The molecule has 0 radical (unpaired) electrons. The van der Waals surface area contributed by atoms with Gasteiger partial charge in [0.15, 0.2) is 11.5 Å². The van der Waals surface area contributed by atoms with Gasteiger partial charge < -0.3 is 14.8 Å². The summed E-state index contributed by atoms with van der Waals surface area (Å²) in [6.07, 6.45) is 0. The molecular formula is C15H13Cl2NO3. The van der Waals surface area contributed by atoms with Gasteiger partial charge in [0.2, 0.25) is 0 Å². The number of hydrogen-bond donors (Lipinski definition) is 1. The van der Waals surface area contributed by atoms with Gasteiger partial charge in [-0.1, -0.05) is 35.3 Å². The summed E-state index contributed by atoms with van der Waals surface area (Å²) in [4.78, 5) is 12.3. The lowest BCUT2D eigenvalue weighted by Gasteiger charge is -2.12. The molecule has 0 saturated heterocycles. The molecule has 21 heavy (non-hydrogen) atoms. The van der Waals surface area contributed by atoms with Crippen LogP contribution in [-0.2, 0) is 0 Å².